The molecule has 4 aromatic rings. The van der Waals surface area contributed by atoms with Crippen LogP contribution in [0.25, 0.3) is 23.0 Å². The summed E-state index contributed by atoms with van der Waals surface area (Å²) in [5, 5.41) is 16.3. The Labute approximate surface area is 170 Å². The molecular formula is C25H23N3O. The SMILES string of the molecule is C=C/C=C\c1cc(C(C)(O)c2cnc3ccc(-c4ccccc4)nn23)ccc1C. The second-order valence-electron chi connectivity index (χ2n) is 7.24. The molecule has 0 bridgehead atoms. The van der Waals surface area contributed by atoms with Gasteiger partial charge in [-0.1, -0.05) is 67.3 Å². The average molecular weight is 381 g/mol. The first kappa shape index (κ1) is 18.8. The molecule has 4 nitrogen and oxygen atoms in total. The maximum absolute atomic E-state index is 11.5. The summed E-state index contributed by atoms with van der Waals surface area (Å²) in [6.45, 7) is 7.55. The van der Waals surface area contributed by atoms with Crippen molar-refractivity contribution in [2.45, 2.75) is 19.4 Å². The summed E-state index contributed by atoms with van der Waals surface area (Å²) in [6.07, 6.45) is 7.31. The van der Waals surface area contributed by atoms with Gasteiger partial charge in [0, 0.05) is 5.56 Å². The zero-order valence-corrected chi connectivity index (χ0v) is 16.6. The number of rotatable bonds is 5. The Balaban J connectivity index is 1.83. The lowest BCUT2D eigenvalue weighted by Gasteiger charge is -2.24. The van der Waals surface area contributed by atoms with Crippen LogP contribution in [0, 0.1) is 6.92 Å². The molecule has 1 N–H and O–H groups in total. The molecule has 0 spiro atoms. The van der Waals surface area contributed by atoms with E-state index in [-0.39, 0.29) is 0 Å². The molecule has 0 saturated carbocycles. The van der Waals surface area contributed by atoms with Crippen LogP contribution in [-0.2, 0) is 5.60 Å². The molecule has 0 aliphatic heterocycles. The lowest BCUT2D eigenvalue weighted by Crippen LogP contribution is -2.25. The molecule has 2 heterocycles. The number of hydrogen-bond donors (Lipinski definition) is 1. The highest BCUT2D eigenvalue weighted by atomic mass is 16.3. The van der Waals surface area contributed by atoms with Crippen molar-refractivity contribution in [2.75, 3.05) is 0 Å². The molecule has 0 aliphatic rings. The van der Waals surface area contributed by atoms with Gasteiger partial charge in [-0.25, -0.2) is 9.50 Å². The summed E-state index contributed by atoms with van der Waals surface area (Å²) in [4.78, 5) is 4.45. The van der Waals surface area contributed by atoms with Crippen LogP contribution in [0.3, 0.4) is 0 Å². The van der Waals surface area contributed by atoms with Gasteiger partial charge in [0.1, 0.15) is 5.60 Å². The van der Waals surface area contributed by atoms with Crippen molar-refractivity contribution in [1.82, 2.24) is 14.6 Å². The second kappa shape index (κ2) is 7.49. The maximum atomic E-state index is 11.5. The highest BCUT2D eigenvalue weighted by molar-refractivity contribution is 5.61. The minimum absolute atomic E-state index is 0.618. The fraction of sp³-hybridized carbons (Fsp3) is 0.120. The number of hydrogen-bond acceptors (Lipinski definition) is 3. The Morgan fingerprint density at radius 1 is 1.07 bits per heavy atom. The van der Waals surface area contributed by atoms with Gasteiger partial charge in [0.15, 0.2) is 5.65 Å². The summed E-state index contributed by atoms with van der Waals surface area (Å²) in [7, 11) is 0. The van der Waals surface area contributed by atoms with Crippen molar-refractivity contribution < 1.29 is 5.11 Å². The zero-order valence-electron chi connectivity index (χ0n) is 16.6. The molecule has 0 radical (unpaired) electrons. The van der Waals surface area contributed by atoms with Gasteiger partial charge in [-0.05, 0) is 48.7 Å². The van der Waals surface area contributed by atoms with Crippen LogP contribution >= 0.6 is 0 Å². The van der Waals surface area contributed by atoms with Crippen molar-refractivity contribution in [3.05, 3.63) is 108 Å². The normalized spacial score (nSPS) is 13.6. The van der Waals surface area contributed by atoms with E-state index < -0.39 is 5.60 Å². The largest absolute Gasteiger partial charge is 0.379 e. The third-order valence-electron chi connectivity index (χ3n) is 5.18. The first-order valence-corrected chi connectivity index (χ1v) is 9.54. The fourth-order valence-corrected chi connectivity index (χ4v) is 3.41. The number of benzene rings is 2. The van der Waals surface area contributed by atoms with E-state index in [9.17, 15) is 5.11 Å². The van der Waals surface area contributed by atoms with Gasteiger partial charge in [-0.2, -0.15) is 5.10 Å². The molecule has 4 heteroatoms. The topological polar surface area (TPSA) is 50.4 Å². The van der Waals surface area contributed by atoms with E-state index in [1.165, 1.54) is 0 Å². The third-order valence-corrected chi connectivity index (χ3v) is 5.18. The van der Waals surface area contributed by atoms with Crippen LogP contribution in [0.2, 0.25) is 0 Å². The van der Waals surface area contributed by atoms with E-state index >= 15 is 0 Å². The van der Waals surface area contributed by atoms with E-state index in [1.54, 1.807) is 23.7 Å². The summed E-state index contributed by atoms with van der Waals surface area (Å²) >= 11 is 0. The summed E-state index contributed by atoms with van der Waals surface area (Å²) in [5.41, 5.74) is 4.84. The summed E-state index contributed by atoms with van der Waals surface area (Å²) in [6, 6.07) is 19.8. The first-order chi connectivity index (χ1) is 14.0. The molecule has 2 aromatic carbocycles. The van der Waals surface area contributed by atoms with Crippen molar-refractivity contribution in [2.24, 2.45) is 0 Å². The van der Waals surface area contributed by atoms with Crippen molar-refractivity contribution in [1.29, 1.82) is 0 Å². The van der Waals surface area contributed by atoms with Crippen LogP contribution in [0.4, 0.5) is 0 Å². The highest BCUT2D eigenvalue weighted by Crippen LogP contribution is 2.31. The van der Waals surface area contributed by atoms with Crippen molar-refractivity contribution in [3.63, 3.8) is 0 Å². The van der Waals surface area contributed by atoms with Gasteiger partial charge >= 0.3 is 0 Å². The van der Waals surface area contributed by atoms with E-state index in [1.807, 2.05) is 79.7 Å². The predicted octanol–water partition coefficient (Wildman–Crippen LogP) is 5.16. The third kappa shape index (κ3) is 3.50. The lowest BCUT2D eigenvalue weighted by atomic mass is 9.90. The monoisotopic (exact) mass is 381 g/mol. The van der Waals surface area contributed by atoms with Crippen LogP contribution in [-0.4, -0.2) is 19.7 Å². The second-order valence-corrected chi connectivity index (χ2v) is 7.24. The van der Waals surface area contributed by atoms with E-state index in [2.05, 4.69) is 11.6 Å². The molecule has 4 rings (SSSR count). The van der Waals surface area contributed by atoms with E-state index in [0.29, 0.717) is 11.3 Å². The van der Waals surface area contributed by atoms with Crippen molar-refractivity contribution >= 4 is 11.7 Å². The van der Waals surface area contributed by atoms with Gasteiger partial charge in [0.2, 0.25) is 0 Å². The van der Waals surface area contributed by atoms with Gasteiger partial charge in [0.25, 0.3) is 0 Å². The molecule has 0 amide bonds. The average Bonchev–Trinajstić information content (AvgIpc) is 3.18. The zero-order chi connectivity index (χ0) is 20.4. The number of aryl methyl sites for hydroxylation is 1. The van der Waals surface area contributed by atoms with Crippen LogP contribution < -0.4 is 0 Å². The van der Waals surface area contributed by atoms with Gasteiger partial charge in [-0.3, -0.25) is 0 Å². The number of allylic oxidation sites excluding steroid dienone is 2. The van der Waals surface area contributed by atoms with E-state index in [0.717, 1.165) is 27.9 Å². The molecule has 0 fully saturated rings. The maximum Gasteiger partial charge on any atom is 0.153 e. The van der Waals surface area contributed by atoms with Crippen LogP contribution in [0.5, 0.6) is 0 Å². The molecule has 1 unspecified atom stereocenters. The highest BCUT2D eigenvalue weighted by Gasteiger charge is 2.30. The Bertz CT molecular complexity index is 1200. The lowest BCUT2D eigenvalue weighted by molar-refractivity contribution is 0.0953. The minimum Gasteiger partial charge on any atom is -0.379 e. The summed E-state index contributed by atoms with van der Waals surface area (Å²) < 4.78 is 1.72. The molecule has 0 aliphatic carbocycles. The standard InChI is InChI=1S/C25H23N3O/c1-4-5-9-20-16-21(13-12-18(20)2)25(3,29)23-17-26-24-15-14-22(27-28(23)24)19-10-7-6-8-11-19/h4-17,29H,1H2,2-3H3/b9-5-. The van der Waals surface area contributed by atoms with E-state index in [4.69, 9.17) is 5.10 Å². The Kier molecular flexibility index (Phi) is 4.87. The van der Waals surface area contributed by atoms with Gasteiger partial charge in [-0.15, -0.1) is 0 Å². The van der Waals surface area contributed by atoms with Crippen LogP contribution in [0.15, 0.2) is 85.6 Å². The number of imidazole rings is 1. The molecule has 2 aromatic heterocycles. The van der Waals surface area contributed by atoms with Crippen molar-refractivity contribution in [3.8, 4) is 11.3 Å². The van der Waals surface area contributed by atoms with Gasteiger partial charge in [0.05, 0.1) is 17.6 Å². The number of fused-ring (bicyclic) bond motifs is 1. The number of aromatic nitrogens is 3. The molecule has 1 atom stereocenters. The molecule has 0 saturated heterocycles. The fourth-order valence-electron chi connectivity index (χ4n) is 3.41. The first-order valence-electron chi connectivity index (χ1n) is 9.54. The predicted molar refractivity (Wildman–Crippen MR) is 118 cm³/mol. The van der Waals surface area contributed by atoms with Gasteiger partial charge < -0.3 is 5.11 Å². The quantitative estimate of drug-likeness (QED) is 0.486. The van der Waals surface area contributed by atoms with Crippen LogP contribution in [0.1, 0.15) is 29.3 Å². The smallest absolute Gasteiger partial charge is 0.153 e. The Morgan fingerprint density at radius 3 is 2.62 bits per heavy atom. The minimum atomic E-state index is -1.26. The molecule has 144 valence electrons. The molecular weight excluding hydrogens is 358 g/mol. The number of nitrogens with zero attached hydrogens (tertiary/aromatic N) is 3. The Morgan fingerprint density at radius 2 is 1.86 bits per heavy atom. The number of aliphatic hydroxyl groups is 1. The summed E-state index contributed by atoms with van der Waals surface area (Å²) in [5.74, 6) is 0. The molecule has 29 heavy (non-hydrogen) atoms. The Hall–Kier alpha value is -3.50.